The maximum Gasteiger partial charge on any atom is 0.320 e. The van der Waals surface area contributed by atoms with Gasteiger partial charge in [0, 0.05) is 25.6 Å². The molecule has 16 heteroatoms. The van der Waals surface area contributed by atoms with Crippen molar-refractivity contribution in [2.75, 3.05) is 6.54 Å². The number of benzene rings is 2. The summed E-state index contributed by atoms with van der Waals surface area (Å²) in [6.07, 6.45) is 0.760. The molecule has 242 valence electrons. The number of aliphatic hydroxyl groups excluding tert-OH is 2. The summed E-state index contributed by atoms with van der Waals surface area (Å²) in [6.45, 7) is 0.420. The van der Waals surface area contributed by atoms with Gasteiger partial charge >= 0.3 is 11.9 Å². The fourth-order valence-electron chi connectivity index (χ4n) is 3.93. The number of halogens is 2. The van der Waals surface area contributed by atoms with Crippen LogP contribution in [0.1, 0.15) is 42.6 Å². The van der Waals surface area contributed by atoms with Crippen LogP contribution in [0.3, 0.4) is 0 Å². The van der Waals surface area contributed by atoms with Crippen LogP contribution in [-0.2, 0) is 16.6 Å². The van der Waals surface area contributed by atoms with E-state index in [1.807, 2.05) is 0 Å². The third-order valence-corrected chi connectivity index (χ3v) is 6.09. The highest BCUT2D eigenvalue weighted by molar-refractivity contribution is 6.00. The number of allylic oxidation sites excluding steroid dienone is 2. The van der Waals surface area contributed by atoms with Gasteiger partial charge in [0.1, 0.15) is 17.7 Å². The smallest absolute Gasteiger partial charge is 0.320 e. The summed E-state index contributed by atoms with van der Waals surface area (Å²) in [7, 11) is 1.61. The lowest BCUT2D eigenvalue weighted by Crippen LogP contribution is -2.30. The van der Waals surface area contributed by atoms with Gasteiger partial charge in [0.2, 0.25) is 0 Å². The Bertz CT molecular complexity index is 1440. The second kappa shape index (κ2) is 17.9. The predicted octanol–water partition coefficient (Wildman–Crippen LogP) is 1.04. The molecule has 0 aliphatic carbocycles. The van der Waals surface area contributed by atoms with E-state index in [2.05, 4.69) is 20.5 Å². The van der Waals surface area contributed by atoms with Gasteiger partial charge in [-0.05, 0) is 64.2 Å². The molecule has 0 spiro atoms. The zero-order valence-corrected chi connectivity index (χ0v) is 24.4. The van der Waals surface area contributed by atoms with Gasteiger partial charge in [-0.25, -0.2) is 13.5 Å². The average molecular weight is 631 g/mol. The number of guanidine groups is 1. The van der Waals surface area contributed by atoms with Gasteiger partial charge in [0.05, 0.1) is 18.6 Å². The Morgan fingerprint density at radius 2 is 1.56 bits per heavy atom. The van der Waals surface area contributed by atoms with Crippen LogP contribution in [0, 0.1) is 11.6 Å². The van der Waals surface area contributed by atoms with Crippen LogP contribution in [0.4, 0.5) is 8.78 Å². The number of carboxylic acid groups (broad SMARTS) is 2. The van der Waals surface area contributed by atoms with Gasteiger partial charge in [-0.2, -0.15) is 0 Å². The fourth-order valence-corrected chi connectivity index (χ4v) is 3.93. The second-order valence-corrected chi connectivity index (χ2v) is 9.74. The molecule has 0 bridgehead atoms. The molecule has 14 nitrogen and oxygen atoms in total. The Labute approximate surface area is 257 Å². The zero-order chi connectivity index (χ0) is 33.5. The summed E-state index contributed by atoms with van der Waals surface area (Å²) in [5.41, 5.74) is 17.5. The van der Waals surface area contributed by atoms with Crippen LogP contribution in [-0.4, -0.2) is 83.3 Å². The second-order valence-electron chi connectivity index (χ2n) is 9.74. The van der Waals surface area contributed by atoms with Crippen molar-refractivity contribution >= 4 is 29.0 Å². The molecule has 1 aromatic heterocycles. The summed E-state index contributed by atoms with van der Waals surface area (Å²) >= 11 is 0. The molecule has 0 aliphatic heterocycles. The Balaban J connectivity index is 0.000000498. The molecule has 45 heavy (non-hydrogen) atoms. The molecule has 0 fully saturated rings. The predicted molar refractivity (Wildman–Crippen MR) is 161 cm³/mol. The lowest BCUT2D eigenvalue weighted by molar-refractivity contribution is -0.140. The first kappa shape index (κ1) is 36.1. The lowest BCUT2D eigenvalue weighted by atomic mass is 9.91. The number of rotatable bonds is 14. The third-order valence-electron chi connectivity index (χ3n) is 6.09. The fraction of sp³-hybridized carbons (Fsp3) is 0.310. The van der Waals surface area contributed by atoms with E-state index < -0.39 is 48.2 Å². The minimum atomic E-state index is -1.24. The lowest BCUT2D eigenvalue weighted by Gasteiger charge is -2.15. The van der Waals surface area contributed by atoms with Gasteiger partial charge in [0.15, 0.2) is 11.8 Å². The number of hydrogen-bond donors (Lipinski definition) is 7. The molecule has 0 amide bonds. The Morgan fingerprint density at radius 3 is 2.00 bits per heavy atom. The average Bonchev–Trinajstić information content (AvgIpc) is 3.39. The largest absolute Gasteiger partial charge is 0.481 e. The van der Waals surface area contributed by atoms with Crippen LogP contribution in [0.5, 0.6) is 0 Å². The number of carboxylic acids is 2. The van der Waals surface area contributed by atoms with Crippen molar-refractivity contribution in [3.8, 4) is 0 Å². The van der Waals surface area contributed by atoms with Crippen molar-refractivity contribution < 1.29 is 38.8 Å². The van der Waals surface area contributed by atoms with Crippen molar-refractivity contribution in [1.82, 2.24) is 20.2 Å². The van der Waals surface area contributed by atoms with E-state index >= 15 is 0 Å². The van der Waals surface area contributed by atoms with Crippen molar-refractivity contribution in [2.24, 2.45) is 29.2 Å². The van der Waals surface area contributed by atoms with Crippen LogP contribution in [0.25, 0.3) is 11.1 Å². The molecule has 1 heterocycles. The first-order valence-electron chi connectivity index (χ1n) is 13.6. The highest BCUT2D eigenvalue weighted by Crippen LogP contribution is 2.32. The van der Waals surface area contributed by atoms with Gasteiger partial charge < -0.3 is 37.6 Å². The van der Waals surface area contributed by atoms with Crippen LogP contribution >= 0.6 is 0 Å². The summed E-state index contributed by atoms with van der Waals surface area (Å²) in [5, 5.41) is 48.8. The van der Waals surface area contributed by atoms with Gasteiger partial charge in [-0.3, -0.25) is 14.6 Å². The first-order chi connectivity index (χ1) is 21.3. The molecule has 10 N–H and O–H groups in total. The summed E-state index contributed by atoms with van der Waals surface area (Å²) < 4.78 is 28.6. The number of hydrogen-bond acceptors (Lipinski definition) is 9. The number of tetrazole rings is 1. The van der Waals surface area contributed by atoms with E-state index in [4.69, 9.17) is 27.4 Å². The first-order valence-corrected chi connectivity index (χ1v) is 13.6. The number of nitrogens with two attached hydrogens (primary N) is 3. The number of aliphatic hydroxyl groups is 2. The molecular formula is C29H36F2N8O6. The number of carbonyl (C=O) groups is 2. The Hall–Kier alpha value is -5.06. The zero-order valence-electron chi connectivity index (χ0n) is 24.4. The normalized spacial score (nSPS) is 12.8. The van der Waals surface area contributed by atoms with Crippen LogP contribution < -0.4 is 17.2 Å². The summed E-state index contributed by atoms with van der Waals surface area (Å²) in [5.74, 6) is -2.72. The standard InChI is InChI=1S/C23H22F2N4O4.C6H14N4O2/c1-29-23(26-27-28-29)20(11-10-18(30)12-19(31)13-21(32)33)22(14-2-6-16(24)7-3-14)15-4-8-17(25)9-5-15;7-4(5(11)12)2-1-3-10-6(8)9/h2-11,18-19,30-31H,12-13H2,1H3,(H,32,33);4H,1-3,7H2,(H,11,12)(H4,8,9,10)/b11-10+;/t18-,19-;4-/m10/s1. The Morgan fingerprint density at radius 1 is 1.00 bits per heavy atom. The van der Waals surface area contributed by atoms with E-state index in [0.29, 0.717) is 47.5 Å². The minimum absolute atomic E-state index is 0.0129. The Kier molecular flexibility index (Phi) is 14.4. The van der Waals surface area contributed by atoms with E-state index in [0.717, 1.165) is 0 Å². The molecule has 3 rings (SSSR count). The molecule has 2 aromatic carbocycles. The number of aliphatic carboxylic acids is 2. The van der Waals surface area contributed by atoms with Gasteiger partial charge in [0.25, 0.3) is 0 Å². The number of aliphatic imine (C=N–C) groups is 1. The monoisotopic (exact) mass is 630 g/mol. The maximum absolute atomic E-state index is 13.6. The molecule has 0 saturated heterocycles. The van der Waals surface area contributed by atoms with Gasteiger partial charge in [-0.15, -0.1) is 5.10 Å². The number of aryl methyl sites for hydroxylation is 1. The van der Waals surface area contributed by atoms with E-state index in [1.54, 1.807) is 31.3 Å². The van der Waals surface area contributed by atoms with Crippen molar-refractivity contribution in [3.05, 3.63) is 89.3 Å². The third kappa shape index (κ3) is 12.6. The molecular weight excluding hydrogens is 594 g/mol. The highest BCUT2D eigenvalue weighted by atomic mass is 19.1. The SMILES string of the molecule is Cn1nnnc1C(/C=C/[C@@H](O)C[C@@H](O)CC(=O)O)=C(c1ccc(F)cc1)c1ccc(F)cc1.NC(N)=NCCC[C@H](N)C(=O)O. The number of aromatic nitrogens is 4. The number of nitrogens with zero attached hydrogens (tertiary/aromatic N) is 5. The summed E-state index contributed by atoms with van der Waals surface area (Å²) in [4.78, 5) is 24.7. The highest BCUT2D eigenvalue weighted by Gasteiger charge is 2.19. The molecule has 3 atom stereocenters. The summed E-state index contributed by atoms with van der Waals surface area (Å²) in [6, 6.07) is 10.5. The molecule has 3 aromatic rings. The van der Waals surface area contributed by atoms with Crippen molar-refractivity contribution in [1.29, 1.82) is 0 Å². The maximum atomic E-state index is 13.6. The quantitative estimate of drug-likeness (QED) is 0.0571. The van der Waals surface area contributed by atoms with Crippen molar-refractivity contribution in [2.45, 2.75) is 43.9 Å². The molecule has 0 saturated carbocycles. The van der Waals surface area contributed by atoms with Crippen molar-refractivity contribution in [3.63, 3.8) is 0 Å². The van der Waals surface area contributed by atoms with E-state index in [1.165, 1.54) is 41.1 Å². The topological polar surface area (TPSA) is 249 Å². The van der Waals surface area contributed by atoms with Crippen LogP contribution in [0.2, 0.25) is 0 Å². The van der Waals surface area contributed by atoms with Crippen LogP contribution in [0.15, 0.2) is 65.7 Å². The van der Waals surface area contributed by atoms with Gasteiger partial charge in [-0.1, -0.05) is 36.4 Å². The van der Waals surface area contributed by atoms with E-state index in [-0.39, 0.29) is 12.4 Å². The molecule has 0 unspecified atom stereocenters. The molecule has 0 radical (unpaired) electrons. The minimum Gasteiger partial charge on any atom is -0.481 e. The van der Waals surface area contributed by atoms with E-state index in [9.17, 15) is 28.6 Å². The molecule has 0 aliphatic rings.